The summed E-state index contributed by atoms with van der Waals surface area (Å²) in [5.74, 6) is 0.721. The van der Waals surface area contributed by atoms with Gasteiger partial charge in [-0.25, -0.2) is 4.98 Å². The van der Waals surface area contributed by atoms with Gasteiger partial charge in [0.25, 0.3) is 0 Å². The largest absolute Gasteiger partial charge is 0.496 e. The Labute approximate surface area is 111 Å². The summed E-state index contributed by atoms with van der Waals surface area (Å²) in [6, 6.07) is 7.63. The Kier molecular flexibility index (Phi) is 3.85. The van der Waals surface area contributed by atoms with E-state index in [0.29, 0.717) is 6.42 Å². The summed E-state index contributed by atoms with van der Waals surface area (Å²) < 4.78 is 7.22. The van der Waals surface area contributed by atoms with E-state index in [0.717, 1.165) is 22.8 Å². The number of carboxylic acid groups (broad SMARTS) is 1. The Bertz CT molecular complexity index is 590. The van der Waals surface area contributed by atoms with Gasteiger partial charge in [0.05, 0.1) is 19.1 Å². The molecule has 1 aromatic carbocycles. The molecule has 1 aromatic heterocycles. The smallest absolute Gasteiger partial charge is 0.303 e. The summed E-state index contributed by atoms with van der Waals surface area (Å²) in [6.07, 6.45) is 2.28. The third kappa shape index (κ3) is 2.76. The molecule has 0 aliphatic heterocycles. The molecule has 0 atom stereocenters. The maximum atomic E-state index is 10.6. The average Bonchev–Trinajstić information content (AvgIpc) is 2.77. The highest BCUT2D eigenvalue weighted by molar-refractivity contribution is 5.67. The van der Waals surface area contributed by atoms with E-state index in [-0.39, 0.29) is 6.42 Å². The van der Waals surface area contributed by atoms with Crippen molar-refractivity contribution in [3.8, 4) is 17.1 Å². The minimum absolute atomic E-state index is 0.102. The molecule has 0 spiro atoms. The lowest BCUT2D eigenvalue weighted by atomic mass is 10.2. The van der Waals surface area contributed by atoms with Crippen molar-refractivity contribution >= 4 is 5.97 Å². The summed E-state index contributed by atoms with van der Waals surface area (Å²) in [7, 11) is 3.50. The first kappa shape index (κ1) is 13.1. The van der Waals surface area contributed by atoms with Crippen LogP contribution in [0.1, 0.15) is 12.1 Å². The number of aryl methyl sites for hydroxylation is 1. The molecule has 0 aliphatic carbocycles. The second-order valence-electron chi connectivity index (χ2n) is 4.23. The minimum atomic E-state index is -0.806. The van der Waals surface area contributed by atoms with Gasteiger partial charge in [-0.05, 0) is 18.6 Å². The highest BCUT2D eigenvalue weighted by Gasteiger charge is 2.13. The third-order valence-corrected chi connectivity index (χ3v) is 3.03. The van der Waals surface area contributed by atoms with Crippen LogP contribution >= 0.6 is 0 Å². The number of para-hydroxylation sites is 1. The fourth-order valence-corrected chi connectivity index (χ4v) is 1.99. The summed E-state index contributed by atoms with van der Waals surface area (Å²) in [4.78, 5) is 15.0. The predicted molar refractivity (Wildman–Crippen MR) is 71.2 cm³/mol. The van der Waals surface area contributed by atoms with E-state index in [2.05, 4.69) is 4.98 Å². The predicted octanol–water partition coefficient (Wildman–Crippen LogP) is 2.11. The van der Waals surface area contributed by atoms with Crippen molar-refractivity contribution in [3.63, 3.8) is 0 Å². The van der Waals surface area contributed by atoms with E-state index in [1.54, 1.807) is 13.3 Å². The summed E-state index contributed by atoms with van der Waals surface area (Å²) in [5.41, 5.74) is 1.79. The topological polar surface area (TPSA) is 64.3 Å². The van der Waals surface area contributed by atoms with Crippen LogP contribution in [-0.2, 0) is 18.3 Å². The van der Waals surface area contributed by atoms with Crippen LogP contribution < -0.4 is 4.74 Å². The number of hydrogen-bond acceptors (Lipinski definition) is 3. The van der Waals surface area contributed by atoms with Crippen LogP contribution in [-0.4, -0.2) is 27.7 Å². The summed E-state index contributed by atoms with van der Waals surface area (Å²) in [6.45, 7) is 0. The molecule has 5 nitrogen and oxygen atoms in total. The Balaban J connectivity index is 2.33. The molecule has 2 rings (SSSR count). The van der Waals surface area contributed by atoms with Gasteiger partial charge in [-0.3, -0.25) is 4.79 Å². The zero-order valence-corrected chi connectivity index (χ0v) is 11.0. The SMILES string of the molecule is COc1ccccc1-c1ncc(CCC(=O)O)n1C. The first-order valence-corrected chi connectivity index (χ1v) is 5.99. The van der Waals surface area contributed by atoms with Gasteiger partial charge in [-0.15, -0.1) is 0 Å². The number of carboxylic acids is 1. The second-order valence-corrected chi connectivity index (χ2v) is 4.23. The molecule has 1 heterocycles. The van der Waals surface area contributed by atoms with Gasteiger partial charge in [0, 0.05) is 18.9 Å². The van der Waals surface area contributed by atoms with Crippen molar-refractivity contribution < 1.29 is 14.6 Å². The zero-order chi connectivity index (χ0) is 13.8. The molecule has 0 fully saturated rings. The molecule has 0 saturated heterocycles. The highest BCUT2D eigenvalue weighted by atomic mass is 16.5. The quantitative estimate of drug-likeness (QED) is 0.894. The molecule has 100 valence electrons. The van der Waals surface area contributed by atoms with Crippen molar-refractivity contribution in [1.82, 2.24) is 9.55 Å². The molecule has 0 amide bonds. The number of rotatable bonds is 5. The van der Waals surface area contributed by atoms with E-state index in [9.17, 15) is 4.79 Å². The molecule has 0 bridgehead atoms. The van der Waals surface area contributed by atoms with Crippen LogP contribution in [0.15, 0.2) is 30.5 Å². The first-order chi connectivity index (χ1) is 9.13. The minimum Gasteiger partial charge on any atom is -0.496 e. The number of benzene rings is 1. The lowest BCUT2D eigenvalue weighted by Crippen LogP contribution is -2.03. The molecule has 0 radical (unpaired) electrons. The van der Waals surface area contributed by atoms with Crippen molar-refractivity contribution in [1.29, 1.82) is 0 Å². The van der Waals surface area contributed by atoms with E-state index in [1.807, 2.05) is 35.9 Å². The highest BCUT2D eigenvalue weighted by Crippen LogP contribution is 2.28. The molecular weight excluding hydrogens is 244 g/mol. The number of hydrogen-bond donors (Lipinski definition) is 1. The number of aliphatic carboxylic acids is 1. The van der Waals surface area contributed by atoms with Gasteiger partial charge < -0.3 is 14.4 Å². The van der Waals surface area contributed by atoms with Crippen LogP contribution in [0.2, 0.25) is 0 Å². The van der Waals surface area contributed by atoms with Crippen LogP contribution in [0.5, 0.6) is 5.75 Å². The number of imidazole rings is 1. The van der Waals surface area contributed by atoms with Gasteiger partial charge in [-0.1, -0.05) is 12.1 Å². The molecule has 0 saturated carbocycles. The van der Waals surface area contributed by atoms with E-state index < -0.39 is 5.97 Å². The monoisotopic (exact) mass is 260 g/mol. The second kappa shape index (κ2) is 5.56. The maximum absolute atomic E-state index is 10.6. The van der Waals surface area contributed by atoms with Crippen LogP contribution in [0, 0.1) is 0 Å². The molecule has 5 heteroatoms. The fraction of sp³-hybridized carbons (Fsp3) is 0.286. The van der Waals surface area contributed by atoms with Crippen molar-refractivity contribution in [2.45, 2.75) is 12.8 Å². The van der Waals surface area contributed by atoms with Crippen LogP contribution in [0.3, 0.4) is 0 Å². The van der Waals surface area contributed by atoms with Crippen LogP contribution in [0.4, 0.5) is 0 Å². The fourth-order valence-electron chi connectivity index (χ4n) is 1.99. The van der Waals surface area contributed by atoms with Crippen LogP contribution in [0.25, 0.3) is 11.4 Å². The van der Waals surface area contributed by atoms with Gasteiger partial charge in [-0.2, -0.15) is 0 Å². The van der Waals surface area contributed by atoms with Crippen molar-refractivity contribution in [2.24, 2.45) is 7.05 Å². The average molecular weight is 260 g/mol. The van der Waals surface area contributed by atoms with E-state index in [1.165, 1.54) is 0 Å². The first-order valence-electron chi connectivity index (χ1n) is 5.99. The molecule has 2 aromatic rings. The van der Waals surface area contributed by atoms with Crippen molar-refractivity contribution in [2.75, 3.05) is 7.11 Å². The normalized spacial score (nSPS) is 10.4. The number of carbonyl (C=O) groups is 1. The van der Waals surface area contributed by atoms with E-state index >= 15 is 0 Å². The Hall–Kier alpha value is -2.30. The zero-order valence-electron chi connectivity index (χ0n) is 11.0. The Morgan fingerprint density at radius 1 is 1.42 bits per heavy atom. The van der Waals surface area contributed by atoms with Gasteiger partial charge in [0.1, 0.15) is 11.6 Å². The Morgan fingerprint density at radius 3 is 2.84 bits per heavy atom. The van der Waals surface area contributed by atoms with Gasteiger partial charge in [0.2, 0.25) is 0 Å². The number of aromatic nitrogens is 2. The molecule has 0 aliphatic rings. The van der Waals surface area contributed by atoms with Gasteiger partial charge >= 0.3 is 5.97 Å². The molecular formula is C14H16N2O3. The number of ether oxygens (including phenoxy) is 1. The standard InChI is InChI=1S/C14H16N2O3/c1-16-10(7-8-13(17)18)9-15-14(16)11-5-3-4-6-12(11)19-2/h3-6,9H,7-8H2,1-2H3,(H,17,18). The maximum Gasteiger partial charge on any atom is 0.303 e. The summed E-state index contributed by atoms with van der Waals surface area (Å²) in [5, 5.41) is 8.72. The van der Waals surface area contributed by atoms with E-state index in [4.69, 9.17) is 9.84 Å². The molecule has 0 unspecified atom stereocenters. The molecule has 1 N–H and O–H groups in total. The van der Waals surface area contributed by atoms with Crippen molar-refractivity contribution in [3.05, 3.63) is 36.2 Å². The summed E-state index contributed by atoms with van der Waals surface area (Å²) >= 11 is 0. The van der Waals surface area contributed by atoms with Gasteiger partial charge in [0.15, 0.2) is 0 Å². The lowest BCUT2D eigenvalue weighted by Gasteiger charge is -2.09. The molecule has 19 heavy (non-hydrogen) atoms. The Morgan fingerprint density at radius 2 is 2.16 bits per heavy atom. The number of nitrogens with zero attached hydrogens (tertiary/aromatic N) is 2. The third-order valence-electron chi connectivity index (χ3n) is 3.03. The number of methoxy groups -OCH3 is 1. The lowest BCUT2D eigenvalue weighted by molar-refractivity contribution is -0.136.